The first-order chi connectivity index (χ1) is 15.5. The predicted molar refractivity (Wildman–Crippen MR) is 122 cm³/mol. The summed E-state index contributed by atoms with van der Waals surface area (Å²) in [5, 5.41) is 9.45. The number of fused-ring (bicyclic) bond motifs is 1. The number of halogens is 2. The van der Waals surface area contributed by atoms with E-state index in [1.165, 1.54) is 23.3 Å². The zero-order valence-corrected chi connectivity index (χ0v) is 18.7. The second-order valence-electron chi connectivity index (χ2n) is 7.11. The third-order valence-electron chi connectivity index (χ3n) is 4.98. The van der Waals surface area contributed by atoms with E-state index in [9.17, 15) is 9.18 Å². The van der Waals surface area contributed by atoms with Crippen LogP contribution in [0.15, 0.2) is 54.0 Å². The van der Waals surface area contributed by atoms with Crippen LogP contribution in [0.1, 0.15) is 16.2 Å². The fourth-order valence-electron chi connectivity index (χ4n) is 3.32. The second-order valence-corrected chi connectivity index (χ2v) is 7.81. The number of ketones is 1. The molecule has 1 N–H and O–H groups in total. The highest BCUT2D eigenvalue weighted by Crippen LogP contribution is 2.33. The number of benzene rings is 1. The lowest BCUT2D eigenvalue weighted by molar-refractivity contribution is 0.0976. The number of hydrogen-bond acceptors (Lipinski definition) is 8. The number of anilines is 1. The molecule has 0 saturated heterocycles. The number of likely N-dealkylation sites (N-methyl/N-ethyl adjacent to an activating group) is 1. The smallest absolute Gasteiger partial charge is 0.218 e. The van der Waals surface area contributed by atoms with E-state index < -0.39 is 0 Å². The molecule has 1 aliphatic heterocycles. The topological polar surface area (TPSA) is 85.2 Å². The number of nitrogens with zero attached hydrogens (tertiary/aromatic N) is 5. The minimum atomic E-state index is -0.338. The van der Waals surface area contributed by atoms with E-state index in [0.717, 1.165) is 5.70 Å². The summed E-state index contributed by atoms with van der Waals surface area (Å²) >= 11 is 10.3. The van der Waals surface area contributed by atoms with Crippen molar-refractivity contribution in [3.8, 4) is 5.75 Å². The van der Waals surface area contributed by atoms with Crippen LogP contribution in [0.2, 0.25) is 5.02 Å². The van der Waals surface area contributed by atoms with Gasteiger partial charge in [0.2, 0.25) is 11.6 Å². The molecular formula is C21H20ClFN6O2S. The van der Waals surface area contributed by atoms with Gasteiger partial charge in [0, 0.05) is 30.6 Å². The molecule has 1 aromatic carbocycles. The van der Waals surface area contributed by atoms with E-state index in [4.69, 9.17) is 16.3 Å². The number of Topliss-reactive ketones (excluding diaryl/α,β-unsaturated/α-hetero) is 1. The number of ether oxygens (including phenoxy) is 1. The monoisotopic (exact) mass is 474 g/mol. The van der Waals surface area contributed by atoms with Crippen LogP contribution in [-0.2, 0) is 6.54 Å². The van der Waals surface area contributed by atoms with Crippen molar-refractivity contribution in [1.82, 2.24) is 25.1 Å². The standard InChI is InChI=1S/C21H20ClFN6O2S/c1-28-17(11-32)16(10-31-19-6-14(22)7-25-21(19)28)24-8-18(30)20-26-12-29(27-20)9-13-4-2-3-5-15(13)23/h2-7,11-12,16,24,32H,8-10H2,1H3/b17-11+/t16-/m0/s1. The van der Waals surface area contributed by atoms with Crippen molar-refractivity contribution in [2.24, 2.45) is 0 Å². The van der Waals surface area contributed by atoms with Gasteiger partial charge >= 0.3 is 0 Å². The first kappa shape index (κ1) is 22.3. The number of carbonyl (C=O) groups excluding carboxylic acids is 1. The molecule has 4 rings (SSSR count). The van der Waals surface area contributed by atoms with Crippen LogP contribution in [0.4, 0.5) is 10.2 Å². The summed E-state index contributed by atoms with van der Waals surface area (Å²) < 4.78 is 21.1. The maximum atomic E-state index is 13.8. The minimum Gasteiger partial charge on any atom is -0.488 e. The van der Waals surface area contributed by atoms with Gasteiger partial charge in [-0.2, -0.15) is 0 Å². The predicted octanol–water partition coefficient (Wildman–Crippen LogP) is 2.95. The van der Waals surface area contributed by atoms with Crippen molar-refractivity contribution >= 4 is 35.8 Å². The summed E-state index contributed by atoms with van der Waals surface area (Å²) in [7, 11) is 1.83. The van der Waals surface area contributed by atoms with Crippen molar-refractivity contribution in [2.75, 3.05) is 25.1 Å². The van der Waals surface area contributed by atoms with Crippen LogP contribution in [0.5, 0.6) is 5.75 Å². The maximum absolute atomic E-state index is 13.8. The molecule has 32 heavy (non-hydrogen) atoms. The normalized spacial score (nSPS) is 17.1. The molecule has 0 amide bonds. The number of hydrogen-bond donors (Lipinski definition) is 2. The van der Waals surface area contributed by atoms with E-state index in [1.807, 2.05) is 11.9 Å². The lowest BCUT2D eigenvalue weighted by atomic mass is 10.2. The van der Waals surface area contributed by atoms with Crippen molar-refractivity contribution in [3.05, 3.63) is 76.2 Å². The number of pyridine rings is 1. The first-order valence-electron chi connectivity index (χ1n) is 9.72. The fraction of sp³-hybridized carbons (Fsp3) is 0.238. The average Bonchev–Trinajstić information content (AvgIpc) is 3.20. The molecule has 0 radical (unpaired) electrons. The molecule has 2 aromatic heterocycles. The van der Waals surface area contributed by atoms with E-state index in [-0.39, 0.29) is 43.2 Å². The molecule has 166 valence electrons. The van der Waals surface area contributed by atoms with Crippen molar-refractivity contribution in [2.45, 2.75) is 12.6 Å². The van der Waals surface area contributed by atoms with Crippen LogP contribution in [0, 0.1) is 5.82 Å². The Bertz CT molecular complexity index is 1170. The highest BCUT2D eigenvalue weighted by Gasteiger charge is 2.27. The molecule has 0 unspecified atom stereocenters. The van der Waals surface area contributed by atoms with Gasteiger partial charge in [-0.05, 0) is 11.5 Å². The lowest BCUT2D eigenvalue weighted by Crippen LogP contribution is -2.42. The van der Waals surface area contributed by atoms with Crippen LogP contribution in [-0.4, -0.2) is 51.8 Å². The third-order valence-corrected chi connectivity index (χ3v) is 5.46. The number of rotatable bonds is 6. The largest absolute Gasteiger partial charge is 0.488 e. The van der Waals surface area contributed by atoms with Crippen LogP contribution < -0.4 is 15.0 Å². The molecule has 8 nitrogen and oxygen atoms in total. The van der Waals surface area contributed by atoms with Gasteiger partial charge in [-0.3, -0.25) is 10.1 Å². The number of aromatic nitrogens is 4. The van der Waals surface area contributed by atoms with Gasteiger partial charge in [-0.25, -0.2) is 19.0 Å². The van der Waals surface area contributed by atoms with E-state index in [0.29, 0.717) is 22.2 Å². The van der Waals surface area contributed by atoms with Gasteiger partial charge in [0.15, 0.2) is 11.6 Å². The summed E-state index contributed by atoms with van der Waals surface area (Å²) in [6.07, 6.45) is 2.95. The Morgan fingerprint density at radius 2 is 2.22 bits per heavy atom. The molecule has 1 aliphatic rings. The summed E-state index contributed by atoms with van der Waals surface area (Å²) in [6.45, 7) is 0.400. The fourth-order valence-corrected chi connectivity index (χ4v) is 3.82. The van der Waals surface area contributed by atoms with Gasteiger partial charge in [0.1, 0.15) is 18.8 Å². The summed E-state index contributed by atoms with van der Waals surface area (Å²) in [4.78, 5) is 22.9. The Kier molecular flexibility index (Phi) is 6.73. The molecule has 3 aromatic rings. The molecule has 0 spiro atoms. The van der Waals surface area contributed by atoms with Gasteiger partial charge in [0.25, 0.3) is 0 Å². The molecule has 0 bridgehead atoms. The van der Waals surface area contributed by atoms with Crippen molar-refractivity contribution in [1.29, 1.82) is 0 Å². The van der Waals surface area contributed by atoms with E-state index in [2.05, 4.69) is 33.0 Å². The van der Waals surface area contributed by atoms with Crippen LogP contribution in [0.3, 0.4) is 0 Å². The van der Waals surface area contributed by atoms with Crippen LogP contribution >= 0.6 is 24.2 Å². The zero-order valence-electron chi connectivity index (χ0n) is 17.1. The van der Waals surface area contributed by atoms with Gasteiger partial charge < -0.3 is 9.64 Å². The number of carbonyl (C=O) groups is 1. The molecule has 11 heteroatoms. The maximum Gasteiger partial charge on any atom is 0.218 e. The quantitative estimate of drug-likeness (QED) is 0.419. The molecule has 0 aliphatic carbocycles. The molecule has 0 saturated carbocycles. The summed E-state index contributed by atoms with van der Waals surface area (Å²) in [6, 6.07) is 7.75. The van der Waals surface area contributed by atoms with Crippen LogP contribution in [0.25, 0.3) is 0 Å². The van der Waals surface area contributed by atoms with Gasteiger partial charge in [-0.15, -0.1) is 17.7 Å². The van der Waals surface area contributed by atoms with Gasteiger partial charge in [-0.1, -0.05) is 29.8 Å². The SMILES string of the molecule is CN1/C(=C/S)[C@@H](NCC(=O)c2ncn(Cc3ccccc3F)n2)COc2cc(Cl)cnc21. The van der Waals surface area contributed by atoms with Crippen molar-refractivity contribution < 1.29 is 13.9 Å². The van der Waals surface area contributed by atoms with E-state index >= 15 is 0 Å². The Labute approximate surface area is 194 Å². The molecule has 1 atom stereocenters. The minimum absolute atomic E-state index is 0.0266. The molecular weight excluding hydrogens is 455 g/mol. The lowest BCUT2D eigenvalue weighted by Gasteiger charge is -2.25. The number of nitrogens with one attached hydrogen (secondary N) is 1. The zero-order chi connectivity index (χ0) is 22.7. The Morgan fingerprint density at radius 1 is 1.41 bits per heavy atom. The Hall–Kier alpha value is -2.95. The Balaban J connectivity index is 1.42. The highest BCUT2D eigenvalue weighted by atomic mass is 35.5. The summed E-state index contributed by atoms with van der Waals surface area (Å²) in [5.74, 6) is 0.542. The number of thiol groups is 1. The second kappa shape index (κ2) is 9.68. The summed E-state index contributed by atoms with van der Waals surface area (Å²) in [5.41, 5.74) is 1.23. The van der Waals surface area contributed by atoms with E-state index in [1.54, 1.807) is 29.7 Å². The highest BCUT2D eigenvalue weighted by molar-refractivity contribution is 7.83. The Morgan fingerprint density at radius 3 is 3.00 bits per heavy atom. The molecule has 0 fully saturated rings. The molecule has 3 heterocycles. The average molecular weight is 475 g/mol. The third kappa shape index (κ3) is 4.77. The van der Waals surface area contributed by atoms with Gasteiger partial charge in [0.05, 0.1) is 24.2 Å². The first-order valence-corrected chi connectivity index (χ1v) is 10.6. The van der Waals surface area contributed by atoms with Crippen molar-refractivity contribution in [3.63, 3.8) is 0 Å².